The maximum absolute atomic E-state index is 12.2. The molecule has 0 fully saturated rings. The molecule has 1 aromatic carbocycles. The molecule has 23 heavy (non-hydrogen) atoms. The minimum atomic E-state index is -0.130. The van der Waals surface area contributed by atoms with Crippen LogP contribution in [0.3, 0.4) is 0 Å². The zero-order chi connectivity index (χ0) is 15.6. The van der Waals surface area contributed by atoms with E-state index in [0.29, 0.717) is 17.1 Å². The van der Waals surface area contributed by atoms with Crippen LogP contribution in [-0.2, 0) is 18.3 Å². The van der Waals surface area contributed by atoms with Crippen LogP contribution >= 0.6 is 24.8 Å². The minimum absolute atomic E-state index is 0. The number of aromatic nitrogens is 2. The Labute approximate surface area is 148 Å². The molecule has 6 nitrogen and oxygen atoms in total. The summed E-state index contributed by atoms with van der Waals surface area (Å²) in [6.07, 6.45) is 0.266. The summed E-state index contributed by atoms with van der Waals surface area (Å²) in [6.45, 7) is 3.85. The number of benzene rings is 1. The molecule has 0 radical (unpaired) electrons. The summed E-state index contributed by atoms with van der Waals surface area (Å²) in [6, 6.07) is 5.16. The summed E-state index contributed by atoms with van der Waals surface area (Å²) in [7, 11) is 3.43. The fraction of sp³-hybridized carbons (Fsp3) is 0.333. The summed E-state index contributed by atoms with van der Waals surface area (Å²) in [5, 5.41) is 7.12. The van der Waals surface area contributed by atoms with Gasteiger partial charge in [0, 0.05) is 24.4 Å². The number of methoxy groups -OCH3 is 1. The molecule has 0 aliphatic carbocycles. The number of anilines is 2. The lowest BCUT2D eigenvalue weighted by molar-refractivity contribution is -0.115. The topological polar surface area (TPSA) is 82.2 Å². The van der Waals surface area contributed by atoms with Gasteiger partial charge in [0.15, 0.2) is 0 Å². The van der Waals surface area contributed by atoms with Crippen LogP contribution < -0.4 is 15.8 Å². The first-order chi connectivity index (χ1) is 9.92. The fourth-order valence-corrected chi connectivity index (χ4v) is 2.20. The van der Waals surface area contributed by atoms with E-state index >= 15 is 0 Å². The molecule has 1 aromatic heterocycles. The number of nitrogens with two attached hydrogens (primary N) is 1. The SMILES string of the molecule is COc1ccc(N)c(NC(=O)Cc2c(C)nn(C)c2C)c1.Cl.Cl. The Balaban J connectivity index is 0.00000242. The fourth-order valence-electron chi connectivity index (χ4n) is 2.20. The summed E-state index contributed by atoms with van der Waals surface area (Å²) in [5.41, 5.74) is 9.71. The van der Waals surface area contributed by atoms with Crippen molar-refractivity contribution in [2.45, 2.75) is 20.3 Å². The molecular formula is C15H22Cl2N4O2. The molecule has 1 amide bonds. The van der Waals surface area contributed by atoms with E-state index in [4.69, 9.17) is 10.5 Å². The van der Waals surface area contributed by atoms with Gasteiger partial charge < -0.3 is 15.8 Å². The summed E-state index contributed by atoms with van der Waals surface area (Å²) in [4.78, 5) is 12.2. The average Bonchev–Trinajstić information content (AvgIpc) is 2.68. The smallest absolute Gasteiger partial charge is 0.228 e. The first-order valence-electron chi connectivity index (χ1n) is 6.64. The first kappa shape index (κ1) is 21.1. The van der Waals surface area contributed by atoms with Crippen LogP contribution in [0.15, 0.2) is 18.2 Å². The number of nitrogens with zero attached hydrogens (tertiary/aromatic N) is 2. The summed E-state index contributed by atoms with van der Waals surface area (Å²) < 4.78 is 6.91. The lowest BCUT2D eigenvalue weighted by atomic mass is 10.1. The average molecular weight is 361 g/mol. The highest BCUT2D eigenvalue weighted by atomic mass is 35.5. The third-order valence-electron chi connectivity index (χ3n) is 3.53. The van der Waals surface area contributed by atoms with Crippen LogP contribution in [0.1, 0.15) is 17.0 Å². The molecule has 0 bridgehead atoms. The molecule has 0 atom stereocenters. The van der Waals surface area contributed by atoms with Crippen LogP contribution in [0.5, 0.6) is 5.75 Å². The first-order valence-corrected chi connectivity index (χ1v) is 6.64. The molecule has 0 saturated heterocycles. The zero-order valence-electron chi connectivity index (χ0n) is 13.5. The Morgan fingerprint density at radius 1 is 1.35 bits per heavy atom. The van der Waals surface area contributed by atoms with E-state index in [1.165, 1.54) is 0 Å². The second-order valence-electron chi connectivity index (χ2n) is 4.95. The third-order valence-corrected chi connectivity index (χ3v) is 3.53. The number of hydrogen-bond acceptors (Lipinski definition) is 4. The van der Waals surface area contributed by atoms with Crippen molar-refractivity contribution in [1.29, 1.82) is 0 Å². The second kappa shape index (κ2) is 8.64. The number of nitrogens with one attached hydrogen (secondary N) is 1. The largest absolute Gasteiger partial charge is 0.497 e. The molecule has 0 unspecified atom stereocenters. The van der Waals surface area contributed by atoms with E-state index in [0.717, 1.165) is 17.0 Å². The van der Waals surface area contributed by atoms with E-state index in [-0.39, 0.29) is 37.1 Å². The molecule has 0 aliphatic heterocycles. The predicted molar refractivity (Wildman–Crippen MR) is 96.9 cm³/mol. The number of halogens is 2. The van der Waals surface area contributed by atoms with Gasteiger partial charge in [-0.25, -0.2) is 0 Å². The van der Waals surface area contributed by atoms with E-state index in [1.807, 2.05) is 20.9 Å². The monoisotopic (exact) mass is 360 g/mol. The van der Waals surface area contributed by atoms with Gasteiger partial charge in [-0.1, -0.05) is 0 Å². The van der Waals surface area contributed by atoms with Gasteiger partial charge in [-0.2, -0.15) is 5.10 Å². The number of hydrogen-bond donors (Lipinski definition) is 2. The molecule has 2 rings (SSSR count). The lowest BCUT2D eigenvalue weighted by Crippen LogP contribution is -2.16. The highest BCUT2D eigenvalue weighted by Gasteiger charge is 2.14. The van der Waals surface area contributed by atoms with E-state index < -0.39 is 0 Å². The highest BCUT2D eigenvalue weighted by Crippen LogP contribution is 2.24. The van der Waals surface area contributed by atoms with Crippen molar-refractivity contribution in [2.24, 2.45) is 7.05 Å². The Morgan fingerprint density at radius 2 is 2.00 bits per heavy atom. The van der Waals surface area contributed by atoms with Crippen molar-refractivity contribution in [3.63, 3.8) is 0 Å². The maximum Gasteiger partial charge on any atom is 0.228 e. The van der Waals surface area contributed by atoms with Gasteiger partial charge in [-0.3, -0.25) is 9.48 Å². The normalized spacial score (nSPS) is 9.57. The van der Waals surface area contributed by atoms with Gasteiger partial charge in [-0.05, 0) is 26.0 Å². The van der Waals surface area contributed by atoms with Crippen LogP contribution in [0, 0.1) is 13.8 Å². The van der Waals surface area contributed by atoms with Crippen molar-refractivity contribution in [1.82, 2.24) is 9.78 Å². The molecule has 128 valence electrons. The summed E-state index contributed by atoms with van der Waals surface area (Å²) >= 11 is 0. The number of aryl methyl sites for hydroxylation is 2. The second-order valence-corrected chi connectivity index (χ2v) is 4.95. The van der Waals surface area contributed by atoms with Crippen molar-refractivity contribution in [3.8, 4) is 5.75 Å². The van der Waals surface area contributed by atoms with Crippen LogP contribution in [0.25, 0.3) is 0 Å². The molecule has 0 aliphatic rings. The molecule has 0 saturated carbocycles. The van der Waals surface area contributed by atoms with Crippen LogP contribution in [0.2, 0.25) is 0 Å². The van der Waals surface area contributed by atoms with Crippen molar-refractivity contribution in [3.05, 3.63) is 35.2 Å². The third kappa shape index (κ3) is 4.77. The van der Waals surface area contributed by atoms with E-state index in [2.05, 4.69) is 10.4 Å². The molecule has 2 aromatic rings. The van der Waals surface area contributed by atoms with E-state index in [1.54, 1.807) is 30.0 Å². The number of amides is 1. The number of nitrogen functional groups attached to an aromatic ring is 1. The van der Waals surface area contributed by atoms with Gasteiger partial charge in [0.2, 0.25) is 5.91 Å². The molecular weight excluding hydrogens is 339 g/mol. The highest BCUT2D eigenvalue weighted by molar-refractivity contribution is 5.95. The standard InChI is InChI=1S/C15H20N4O2.2ClH/c1-9-12(10(2)19(3)18-9)8-15(20)17-14-7-11(21-4)5-6-13(14)16;;/h5-7H,8,16H2,1-4H3,(H,17,20);2*1H. The molecule has 8 heteroatoms. The van der Waals surface area contributed by atoms with Crippen molar-refractivity contribution in [2.75, 3.05) is 18.2 Å². The summed E-state index contributed by atoms with van der Waals surface area (Å²) in [5.74, 6) is 0.516. The molecule has 1 heterocycles. The number of ether oxygens (including phenoxy) is 1. The Kier molecular flexibility index (Phi) is 7.92. The van der Waals surface area contributed by atoms with Gasteiger partial charge in [0.1, 0.15) is 5.75 Å². The molecule has 0 spiro atoms. The number of rotatable bonds is 4. The van der Waals surface area contributed by atoms with Crippen molar-refractivity contribution >= 4 is 42.1 Å². The van der Waals surface area contributed by atoms with Gasteiger partial charge in [0.25, 0.3) is 0 Å². The Hall–Kier alpha value is -1.92. The van der Waals surface area contributed by atoms with E-state index in [9.17, 15) is 4.79 Å². The van der Waals surface area contributed by atoms with Crippen LogP contribution in [-0.4, -0.2) is 22.8 Å². The van der Waals surface area contributed by atoms with Crippen molar-refractivity contribution < 1.29 is 9.53 Å². The Morgan fingerprint density at radius 3 is 2.52 bits per heavy atom. The zero-order valence-corrected chi connectivity index (χ0v) is 15.2. The van der Waals surface area contributed by atoms with Gasteiger partial charge in [-0.15, -0.1) is 24.8 Å². The number of carbonyl (C=O) groups is 1. The number of carbonyl (C=O) groups excluding carboxylic acids is 1. The quantitative estimate of drug-likeness (QED) is 0.821. The minimum Gasteiger partial charge on any atom is -0.497 e. The lowest BCUT2D eigenvalue weighted by Gasteiger charge is -2.10. The maximum atomic E-state index is 12.2. The van der Waals surface area contributed by atoms with Gasteiger partial charge >= 0.3 is 0 Å². The Bertz CT molecular complexity index is 686. The predicted octanol–water partition coefficient (Wildman–Crippen LogP) is 2.65. The van der Waals surface area contributed by atoms with Crippen LogP contribution in [0.4, 0.5) is 11.4 Å². The molecule has 3 N–H and O–H groups in total. The van der Waals surface area contributed by atoms with Gasteiger partial charge in [0.05, 0.1) is 30.6 Å².